The maximum absolute atomic E-state index is 13.0. The molecule has 14 heteroatoms. The molecule has 2 N–H and O–H groups in total. The summed E-state index contributed by atoms with van der Waals surface area (Å²) in [6.45, 7) is 6.49. The van der Waals surface area contributed by atoms with Crippen molar-refractivity contribution in [1.29, 1.82) is 0 Å². The minimum atomic E-state index is -3.51. The van der Waals surface area contributed by atoms with Crippen molar-refractivity contribution in [2.45, 2.75) is 57.1 Å². The molecular weight excluding hydrogens is 624 g/mol. The van der Waals surface area contributed by atoms with E-state index in [-0.39, 0.29) is 54.0 Å². The van der Waals surface area contributed by atoms with Gasteiger partial charge in [0.25, 0.3) is 0 Å². The van der Waals surface area contributed by atoms with E-state index in [1.165, 1.54) is 12.3 Å². The molecule has 1 aromatic carbocycles. The topological polar surface area (TPSA) is 136 Å². The molecule has 0 radical (unpaired) electrons. The van der Waals surface area contributed by atoms with Crippen LogP contribution in [0.3, 0.4) is 0 Å². The number of halogens is 1. The van der Waals surface area contributed by atoms with Crippen LogP contribution in [-0.2, 0) is 23.1 Å². The fourth-order valence-corrected chi connectivity index (χ4v) is 8.37. The van der Waals surface area contributed by atoms with E-state index in [2.05, 4.69) is 26.3 Å². The zero-order valence-electron chi connectivity index (χ0n) is 24.7. The summed E-state index contributed by atoms with van der Waals surface area (Å²) in [5, 5.41) is 11.7. The van der Waals surface area contributed by atoms with E-state index in [4.69, 9.17) is 21.1 Å². The summed E-state index contributed by atoms with van der Waals surface area (Å²) in [5.41, 5.74) is 4.83. The Labute approximate surface area is 265 Å². The first kappa shape index (κ1) is 30.7. The predicted octanol–water partition coefficient (Wildman–Crippen LogP) is 6.72. The van der Waals surface area contributed by atoms with Gasteiger partial charge in [0.2, 0.25) is 5.88 Å². The smallest absolute Gasteiger partial charge is 0.306 e. The van der Waals surface area contributed by atoms with Gasteiger partial charge in [0, 0.05) is 36.6 Å². The number of ether oxygens (including phenoxy) is 2. The summed E-state index contributed by atoms with van der Waals surface area (Å²) < 4.78 is 39.1. The van der Waals surface area contributed by atoms with Gasteiger partial charge in [0.05, 0.1) is 24.6 Å². The van der Waals surface area contributed by atoms with Crippen LogP contribution in [-0.4, -0.2) is 63.6 Å². The maximum atomic E-state index is 13.0. The van der Waals surface area contributed by atoms with Gasteiger partial charge in [0.1, 0.15) is 16.5 Å². The second kappa shape index (κ2) is 12.2. The summed E-state index contributed by atoms with van der Waals surface area (Å²) in [6.07, 6.45) is 3.64. The van der Waals surface area contributed by atoms with E-state index < -0.39 is 16.7 Å². The summed E-state index contributed by atoms with van der Waals surface area (Å²) in [6, 6.07) is 7.66. The third-order valence-electron chi connectivity index (χ3n) is 7.94. The van der Waals surface area contributed by atoms with Crippen LogP contribution in [0.5, 0.6) is 5.88 Å². The Balaban J connectivity index is 1.46. The normalized spacial score (nSPS) is 18.0. The quantitative estimate of drug-likeness (QED) is 0.173. The standard InChI is InChI=1S/C30H33ClN6O5S2/c1-5-22-16-37(44(39,40)25-11-21(31)13-33-30(25)42-22)15-20-10-19(9-18-7-8-43-28(18)20)23(12-26(38)41-6-2)24-14-32-29-27(17(24)3)34-35-36(29)4/h7-11,13-14,22-23,39-40H,5-6,12,15-16H2,1-4H3/t22-,23?/m1/s1. The van der Waals surface area contributed by atoms with Gasteiger partial charge >= 0.3 is 5.97 Å². The zero-order chi connectivity index (χ0) is 31.2. The molecule has 232 valence electrons. The Hall–Kier alpha value is -3.33. The molecule has 0 saturated carbocycles. The van der Waals surface area contributed by atoms with Gasteiger partial charge in [-0.05, 0) is 71.5 Å². The Bertz CT molecular complexity index is 1860. The van der Waals surface area contributed by atoms with Crippen LogP contribution in [0.4, 0.5) is 0 Å². The molecule has 0 aliphatic carbocycles. The van der Waals surface area contributed by atoms with Crippen molar-refractivity contribution in [2.24, 2.45) is 7.05 Å². The highest BCUT2D eigenvalue weighted by Gasteiger charge is 2.36. The molecule has 0 fully saturated rings. The lowest BCUT2D eigenvalue weighted by molar-refractivity contribution is -0.143. The summed E-state index contributed by atoms with van der Waals surface area (Å²) in [4.78, 5) is 22.0. The number of aromatic nitrogens is 5. The molecule has 5 aromatic rings. The van der Waals surface area contributed by atoms with Gasteiger partial charge < -0.3 is 9.47 Å². The van der Waals surface area contributed by atoms with Gasteiger partial charge in [-0.2, -0.15) is 4.31 Å². The Morgan fingerprint density at radius 1 is 1.25 bits per heavy atom. The van der Waals surface area contributed by atoms with Crippen LogP contribution in [0.1, 0.15) is 54.9 Å². The van der Waals surface area contributed by atoms with Gasteiger partial charge in [0.15, 0.2) is 5.65 Å². The van der Waals surface area contributed by atoms with Crippen molar-refractivity contribution < 1.29 is 23.4 Å². The molecule has 0 saturated heterocycles. The van der Waals surface area contributed by atoms with E-state index in [1.807, 2.05) is 31.4 Å². The van der Waals surface area contributed by atoms with E-state index in [1.54, 1.807) is 40.5 Å². The first-order chi connectivity index (χ1) is 21.1. The van der Waals surface area contributed by atoms with E-state index in [0.29, 0.717) is 17.6 Å². The Morgan fingerprint density at radius 3 is 2.84 bits per heavy atom. The minimum Gasteiger partial charge on any atom is -0.472 e. The molecule has 2 atom stereocenters. The fraction of sp³-hybridized carbons (Fsp3) is 0.367. The van der Waals surface area contributed by atoms with E-state index >= 15 is 0 Å². The average molecular weight is 657 g/mol. The summed E-state index contributed by atoms with van der Waals surface area (Å²) in [5.74, 6) is -0.541. The van der Waals surface area contributed by atoms with Gasteiger partial charge in [-0.3, -0.25) is 13.9 Å². The Morgan fingerprint density at radius 2 is 2.07 bits per heavy atom. The number of benzene rings is 1. The van der Waals surface area contributed by atoms with Gasteiger partial charge in [-0.15, -0.1) is 27.2 Å². The lowest BCUT2D eigenvalue weighted by atomic mass is 9.85. The highest BCUT2D eigenvalue weighted by atomic mass is 35.5. The number of fused-ring (bicyclic) bond motifs is 3. The molecule has 1 unspecified atom stereocenters. The van der Waals surface area contributed by atoms with Crippen LogP contribution < -0.4 is 4.74 Å². The number of pyridine rings is 2. The largest absolute Gasteiger partial charge is 0.472 e. The third kappa shape index (κ3) is 5.64. The highest BCUT2D eigenvalue weighted by Crippen LogP contribution is 2.57. The van der Waals surface area contributed by atoms with E-state index in [0.717, 1.165) is 32.3 Å². The molecule has 0 bridgehead atoms. The van der Waals surface area contributed by atoms with Crippen molar-refractivity contribution in [3.8, 4) is 5.88 Å². The molecule has 1 aliphatic heterocycles. The molecule has 5 heterocycles. The van der Waals surface area contributed by atoms with Crippen LogP contribution in [0.25, 0.3) is 21.3 Å². The Kier molecular flexibility index (Phi) is 8.52. The molecule has 0 amide bonds. The maximum Gasteiger partial charge on any atom is 0.306 e. The number of hydrogen-bond acceptors (Lipinski definition) is 11. The summed E-state index contributed by atoms with van der Waals surface area (Å²) >= 11 is 7.81. The molecule has 1 aliphatic rings. The molecule has 0 spiro atoms. The van der Waals surface area contributed by atoms with Crippen LogP contribution in [0, 0.1) is 6.92 Å². The first-order valence-corrected chi connectivity index (χ1v) is 17.0. The molecule has 11 nitrogen and oxygen atoms in total. The number of aryl methyl sites for hydroxylation is 2. The number of esters is 1. The lowest BCUT2D eigenvalue weighted by Gasteiger charge is -2.41. The first-order valence-electron chi connectivity index (χ1n) is 14.3. The second-order valence-electron chi connectivity index (χ2n) is 10.8. The van der Waals surface area contributed by atoms with Crippen molar-refractivity contribution >= 4 is 60.9 Å². The third-order valence-corrected chi connectivity index (χ3v) is 11.0. The predicted molar refractivity (Wildman–Crippen MR) is 171 cm³/mol. The van der Waals surface area contributed by atoms with Crippen LogP contribution in [0.15, 0.2) is 46.9 Å². The van der Waals surface area contributed by atoms with Crippen LogP contribution in [0.2, 0.25) is 5.02 Å². The van der Waals surface area contributed by atoms with Gasteiger partial charge in [-0.25, -0.2) is 14.6 Å². The molecule has 6 rings (SSSR count). The number of hydrogen-bond donors (Lipinski definition) is 2. The molecule has 44 heavy (non-hydrogen) atoms. The van der Waals surface area contributed by atoms with Crippen molar-refractivity contribution in [1.82, 2.24) is 29.3 Å². The monoisotopic (exact) mass is 656 g/mol. The van der Waals surface area contributed by atoms with Crippen LogP contribution >= 0.6 is 33.7 Å². The SMILES string of the molecule is CCOC(=O)CC(c1cc(CN2C[C@@H](CC)Oc3ncc(Cl)cc3S2(O)O)c2sccc2c1)c1cnc2c(nnn2C)c1C. The second-order valence-corrected chi connectivity index (χ2v) is 14.1. The number of thiophene rings is 1. The van der Waals surface area contributed by atoms with Crippen molar-refractivity contribution in [2.75, 3.05) is 13.2 Å². The van der Waals surface area contributed by atoms with Crippen molar-refractivity contribution in [3.63, 3.8) is 0 Å². The average Bonchev–Trinajstić information content (AvgIpc) is 3.61. The van der Waals surface area contributed by atoms with E-state index in [9.17, 15) is 13.9 Å². The van der Waals surface area contributed by atoms with Gasteiger partial charge in [-0.1, -0.05) is 29.8 Å². The number of carbonyl (C=O) groups excluding carboxylic acids is 1. The fourth-order valence-electron chi connectivity index (χ4n) is 5.66. The number of nitrogens with zero attached hydrogens (tertiary/aromatic N) is 6. The molecular formula is C30H33ClN6O5S2. The highest BCUT2D eigenvalue weighted by molar-refractivity contribution is 8.22. The zero-order valence-corrected chi connectivity index (χ0v) is 27.1. The lowest BCUT2D eigenvalue weighted by Crippen LogP contribution is -2.34. The number of carbonyl (C=O) groups is 1. The minimum absolute atomic E-state index is 0.0966. The molecule has 4 aromatic heterocycles. The number of rotatable bonds is 8. The summed E-state index contributed by atoms with van der Waals surface area (Å²) in [7, 11) is -1.72. The van der Waals surface area contributed by atoms with Crippen molar-refractivity contribution in [3.05, 3.63) is 69.3 Å².